The van der Waals surface area contributed by atoms with E-state index >= 15 is 0 Å². The Labute approximate surface area is 120 Å². The van der Waals surface area contributed by atoms with E-state index in [1.165, 1.54) is 6.42 Å². The van der Waals surface area contributed by atoms with Crippen molar-refractivity contribution in [2.75, 3.05) is 11.9 Å². The maximum Gasteiger partial charge on any atom is 0.224 e. The van der Waals surface area contributed by atoms with Gasteiger partial charge >= 0.3 is 0 Å². The van der Waals surface area contributed by atoms with Gasteiger partial charge in [-0.25, -0.2) is 4.98 Å². The number of halogens is 2. The van der Waals surface area contributed by atoms with Crippen molar-refractivity contribution >= 4 is 33.3 Å². The summed E-state index contributed by atoms with van der Waals surface area (Å²) in [6.07, 6.45) is 5.54. The van der Waals surface area contributed by atoms with Crippen LogP contribution in [0.4, 0.5) is 5.82 Å². The molecule has 18 heavy (non-hydrogen) atoms. The molecule has 2 N–H and O–H groups in total. The van der Waals surface area contributed by atoms with Crippen LogP contribution >= 0.6 is 27.5 Å². The molecule has 0 aliphatic heterocycles. The van der Waals surface area contributed by atoms with Gasteiger partial charge < -0.3 is 10.4 Å². The van der Waals surface area contributed by atoms with Gasteiger partial charge in [-0.15, -0.1) is 0 Å². The highest BCUT2D eigenvalue weighted by molar-refractivity contribution is 9.10. The number of aliphatic hydroxyl groups is 1. The molecule has 1 aromatic rings. The first-order valence-electron chi connectivity index (χ1n) is 6.13. The van der Waals surface area contributed by atoms with E-state index in [1.54, 1.807) is 6.20 Å². The van der Waals surface area contributed by atoms with Crippen LogP contribution in [-0.2, 0) is 0 Å². The maximum absolute atomic E-state index is 10.5. The molecule has 1 heterocycles. The first-order valence-corrected chi connectivity index (χ1v) is 7.30. The second-order valence-electron chi connectivity index (χ2n) is 5.11. The predicted octanol–water partition coefficient (Wildman–Crippen LogP) is 3.25. The molecule has 2 rings (SSSR count). The molecule has 1 aromatic heterocycles. The van der Waals surface area contributed by atoms with Crippen molar-refractivity contribution in [1.29, 1.82) is 0 Å². The van der Waals surface area contributed by atoms with Gasteiger partial charge in [-0.1, -0.05) is 19.8 Å². The van der Waals surface area contributed by atoms with Crippen LogP contribution in [0.2, 0.25) is 5.28 Å². The number of nitrogens with zero attached hydrogens (tertiary/aromatic N) is 2. The molecule has 1 aliphatic rings. The lowest BCUT2D eigenvalue weighted by Gasteiger charge is -2.35. The third-order valence-corrected chi connectivity index (χ3v) is 4.13. The zero-order valence-corrected chi connectivity index (χ0v) is 12.6. The molecule has 2 unspecified atom stereocenters. The van der Waals surface area contributed by atoms with Gasteiger partial charge in [0.2, 0.25) is 5.28 Å². The lowest BCUT2D eigenvalue weighted by molar-refractivity contribution is -0.000839. The fourth-order valence-electron chi connectivity index (χ4n) is 2.51. The van der Waals surface area contributed by atoms with E-state index in [2.05, 4.69) is 38.1 Å². The maximum atomic E-state index is 10.5. The summed E-state index contributed by atoms with van der Waals surface area (Å²) in [4.78, 5) is 7.96. The Balaban J connectivity index is 2.00. The Morgan fingerprint density at radius 2 is 2.44 bits per heavy atom. The van der Waals surface area contributed by atoms with Gasteiger partial charge in [-0.3, -0.25) is 0 Å². The second-order valence-corrected chi connectivity index (χ2v) is 6.31. The normalized spacial score (nSPS) is 28.1. The first-order chi connectivity index (χ1) is 8.48. The summed E-state index contributed by atoms with van der Waals surface area (Å²) in [5.41, 5.74) is -0.644. The van der Waals surface area contributed by atoms with Crippen molar-refractivity contribution in [3.05, 3.63) is 16.0 Å². The average Bonchev–Trinajstić information content (AvgIpc) is 2.30. The summed E-state index contributed by atoms with van der Waals surface area (Å²) in [6, 6.07) is 0. The van der Waals surface area contributed by atoms with Crippen LogP contribution in [0.3, 0.4) is 0 Å². The van der Waals surface area contributed by atoms with Gasteiger partial charge in [0.25, 0.3) is 0 Å². The lowest BCUT2D eigenvalue weighted by Crippen LogP contribution is -2.41. The smallest absolute Gasteiger partial charge is 0.224 e. The second kappa shape index (κ2) is 5.72. The van der Waals surface area contributed by atoms with E-state index in [0.29, 0.717) is 18.3 Å². The molecule has 0 spiro atoms. The summed E-state index contributed by atoms with van der Waals surface area (Å²) in [5.74, 6) is 1.20. The van der Waals surface area contributed by atoms with Crippen molar-refractivity contribution in [2.45, 2.75) is 38.2 Å². The molecule has 0 amide bonds. The zero-order chi connectivity index (χ0) is 13.2. The fraction of sp³-hybridized carbons (Fsp3) is 0.667. The van der Waals surface area contributed by atoms with Crippen molar-refractivity contribution in [3.63, 3.8) is 0 Å². The minimum absolute atomic E-state index is 0.199. The molecule has 0 saturated heterocycles. The molecule has 6 heteroatoms. The Hall–Kier alpha value is -0.390. The highest BCUT2D eigenvalue weighted by atomic mass is 79.9. The van der Waals surface area contributed by atoms with Crippen LogP contribution in [0, 0.1) is 5.92 Å². The molecule has 2 atom stereocenters. The molecule has 0 radical (unpaired) electrons. The number of rotatable bonds is 3. The van der Waals surface area contributed by atoms with Crippen LogP contribution < -0.4 is 5.32 Å². The number of nitrogens with one attached hydrogen (secondary N) is 1. The number of hydrogen-bond acceptors (Lipinski definition) is 4. The predicted molar refractivity (Wildman–Crippen MR) is 75.8 cm³/mol. The zero-order valence-electron chi connectivity index (χ0n) is 10.3. The van der Waals surface area contributed by atoms with Crippen LogP contribution in [0.15, 0.2) is 10.7 Å². The van der Waals surface area contributed by atoms with Crippen molar-refractivity contribution in [2.24, 2.45) is 5.92 Å². The summed E-state index contributed by atoms with van der Waals surface area (Å²) in [6.45, 7) is 2.67. The SMILES string of the molecule is CC1CCCC(O)(CNc2nc(Cl)ncc2Br)C1. The standard InChI is InChI=1S/C12H17BrClN3O/c1-8-3-2-4-12(18,5-8)7-16-10-9(13)6-15-11(14)17-10/h6,8,18H,2-5,7H2,1H3,(H,15,16,17). The lowest BCUT2D eigenvalue weighted by atomic mass is 9.79. The van der Waals surface area contributed by atoms with Gasteiger partial charge in [0.15, 0.2) is 0 Å². The average molecular weight is 335 g/mol. The molecule has 4 nitrogen and oxygen atoms in total. The van der Waals surface area contributed by atoms with Gasteiger partial charge in [0.1, 0.15) is 5.82 Å². The summed E-state index contributed by atoms with van der Waals surface area (Å²) >= 11 is 9.11. The number of aromatic nitrogens is 2. The highest BCUT2D eigenvalue weighted by Crippen LogP contribution is 2.32. The molecule has 1 fully saturated rings. The Morgan fingerprint density at radius 3 is 3.17 bits per heavy atom. The molecule has 1 aliphatic carbocycles. The van der Waals surface area contributed by atoms with Crippen molar-refractivity contribution in [3.8, 4) is 0 Å². The monoisotopic (exact) mass is 333 g/mol. The Morgan fingerprint density at radius 1 is 1.67 bits per heavy atom. The number of hydrogen-bond donors (Lipinski definition) is 2. The van der Waals surface area contributed by atoms with Crippen molar-refractivity contribution in [1.82, 2.24) is 9.97 Å². The summed E-state index contributed by atoms with van der Waals surface area (Å²) in [7, 11) is 0. The molecule has 100 valence electrons. The van der Waals surface area contributed by atoms with Gasteiger partial charge in [0, 0.05) is 12.7 Å². The van der Waals surface area contributed by atoms with Crippen LogP contribution in [0.1, 0.15) is 32.6 Å². The Kier molecular flexibility index (Phi) is 4.45. The van der Waals surface area contributed by atoms with E-state index in [4.69, 9.17) is 11.6 Å². The summed E-state index contributed by atoms with van der Waals surface area (Å²) < 4.78 is 0.749. The summed E-state index contributed by atoms with van der Waals surface area (Å²) in [5, 5.41) is 13.9. The topological polar surface area (TPSA) is 58.0 Å². The quantitative estimate of drug-likeness (QED) is 0.833. The molecule has 1 saturated carbocycles. The first kappa shape index (κ1) is 14.0. The van der Waals surface area contributed by atoms with Crippen LogP contribution in [0.5, 0.6) is 0 Å². The van der Waals surface area contributed by atoms with Gasteiger partial charge in [-0.05, 0) is 46.3 Å². The minimum Gasteiger partial charge on any atom is -0.388 e. The van der Waals surface area contributed by atoms with Gasteiger partial charge in [0.05, 0.1) is 10.1 Å². The van der Waals surface area contributed by atoms with Gasteiger partial charge in [-0.2, -0.15) is 4.98 Å². The molecule has 0 bridgehead atoms. The molecular weight excluding hydrogens is 318 g/mol. The third kappa shape index (κ3) is 3.56. The highest BCUT2D eigenvalue weighted by Gasteiger charge is 2.32. The van der Waals surface area contributed by atoms with E-state index in [1.807, 2.05) is 0 Å². The molecular formula is C12H17BrClN3O. The largest absolute Gasteiger partial charge is 0.388 e. The van der Waals surface area contributed by atoms with Crippen LogP contribution in [-0.4, -0.2) is 27.2 Å². The van der Waals surface area contributed by atoms with E-state index in [9.17, 15) is 5.11 Å². The van der Waals surface area contributed by atoms with E-state index in [-0.39, 0.29) is 5.28 Å². The van der Waals surface area contributed by atoms with E-state index < -0.39 is 5.60 Å². The molecule has 0 aromatic carbocycles. The van der Waals surface area contributed by atoms with Crippen molar-refractivity contribution < 1.29 is 5.11 Å². The van der Waals surface area contributed by atoms with E-state index in [0.717, 1.165) is 23.7 Å². The van der Waals surface area contributed by atoms with Crippen LogP contribution in [0.25, 0.3) is 0 Å². The fourth-order valence-corrected chi connectivity index (χ4v) is 2.98. The Bertz CT molecular complexity index is 432. The minimum atomic E-state index is -0.644. The number of anilines is 1. The third-order valence-electron chi connectivity index (χ3n) is 3.37.